The minimum atomic E-state index is 0.755. The summed E-state index contributed by atoms with van der Waals surface area (Å²) in [6, 6.07) is 10.1. The maximum absolute atomic E-state index is 3.18. The highest BCUT2D eigenvalue weighted by atomic mass is 13.9. The van der Waals surface area contributed by atoms with Crippen LogP contribution in [-0.2, 0) is 0 Å². The van der Waals surface area contributed by atoms with Crippen molar-refractivity contribution in [3.05, 3.63) is 35.9 Å². The molecule has 0 heterocycles. The highest BCUT2D eigenvalue weighted by Gasteiger charge is 1.89. The van der Waals surface area contributed by atoms with E-state index < -0.39 is 0 Å². The molecule has 0 aromatic heterocycles. The third-order valence-electron chi connectivity index (χ3n) is 1.85. The molecule has 0 nitrogen and oxygen atoms in total. The van der Waals surface area contributed by atoms with Gasteiger partial charge in [-0.25, -0.2) is 0 Å². The first-order valence-corrected chi connectivity index (χ1v) is 4.83. The molecule has 0 fully saturated rings. The molecular formula is C13H16. The lowest BCUT2D eigenvalue weighted by molar-refractivity contribution is 0.600. The summed E-state index contributed by atoms with van der Waals surface area (Å²) in [5.41, 5.74) is 1.12. The van der Waals surface area contributed by atoms with Crippen LogP contribution in [0.5, 0.6) is 0 Å². The summed E-state index contributed by atoms with van der Waals surface area (Å²) >= 11 is 0. The monoisotopic (exact) mass is 172 g/mol. The van der Waals surface area contributed by atoms with E-state index in [4.69, 9.17) is 0 Å². The highest BCUT2D eigenvalue weighted by molar-refractivity contribution is 5.33. The Bertz CT molecular complexity index is 285. The van der Waals surface area contributed by atoms with E-state index in [-0.39, 0.29) is 0 Å². The molecule has 0 bridgehead atoms. The van der Waals surface area contributed by atoms with Crippen molar-refractivity contribution in [3.63, 3.8) is 0 Å². The molecule has 0 unspecified atom stereocenters. The Morgan fingerprint density at radius 1 is 1.15 bits per heavy atom. The molecule has 68 valence electrons. The topological polar surface area (TPSA) is 0 Å². The van der Waals surface area contributed by atoms with Crippen LogP contribution in [0.4, 0.5) is 0 Å². The summed E-state index contributed by atoms with van der Waals surface area (Å²) in [6.45, 7) is 4.45. The minimum Gasteiger partial charge on any atom is -0.0979 e. The fraction of sp³-hybridized carbons (Fsp3) is 0.385. The molecule has 0 saturated carbocycles. The molecule has 13 heavy (non-hydrogen) atoms. The van der Waals surface area contributed by atoms with Crippen LogP contribution in [-0.4, -0.2) is 0 Å². The van der Waals surface area contributed by atoms with Crippen LogP contribution in [0.25, 0.3) is 0 Å². The molecule has 0 aliphatic rings. The van der Waals surface area contributed by atoms with Gasteiger partial charge in [-0.05, 0) is 24.5 Å². The van der Waals surface area contributed by atoms with Crippen molar-refractivity contribution in [2.24, 2.45) is 5.92 Å². The molecule has 1 aromatic rings. The van der Waals surface area contributed by atoms with Crippen LogP contribution >= 0.6 is 0 Å². The predicted octanol–water partition coefficient (Wildman–Crippen LogP) is 3.47. The van der Waals surface area contributed by atoms with Gasteiger partial charge < -0.3 is 0 Å². The lowest BCUT2D eigenvalue weighted by Crippen LogP contribution is -1.83. The van der Waals surface area contributed by atoms with Gasteiger partial charge in [-0.3, -0.25) is 0 Å². The average Bonchev–Trinajstić information content (AvgIpc) is 2.14. The number of benzene rings is 1. The quantitative estimate of drug-likeness (QED) is 0.599. The van der Waals surface area contributed by atoms with Crippen LogP contribution in [0.1, 0.15) is 32.3 Å². The van der Waals surface area contributed by atoms with Crippen molar-refractivity contribution < 1.29 is 0 Å². The molecule has 0 aliphatic carbocycles. The number of hydrogen-bond donors (Lipinski definition) is 0. The van der Waals surface area contributed by atoms with Crippen LogP contribution in [0.15, 0.2) is 30.3 Å². The van der Waals surface area contributed by atoms with Gasteiger partial charge in [0.2, 0.25) is 0 Å². The minimum absolute atomic E-state index is 0.755. The first kappa shape index (κ1) is 9.86. The second-order valence-electron chi connectivity index (χ2n) is 3.60. The lowest BCUT2D eigenvalue weighted by atomic mass is 10.1. The van der Waals surface area contributed by atoms with Crippen LogP contribution in [0, 0.1) is 17.8 Å². The van der Waals surface area contributed by atoms with Crippen molar-refractivity contribution in [1.29, 1.82) is 0 Å². The molecule has 0 spiro atoms. The molecule has 0 saturated heterocycles. The third-order valence-corrected chi connectivity index (χ3v) is 1.85. The van der Waals surface area contributed by atoms with Crippen molar-refractivity contribution >= 4 is 0 Å². The van der Waals surface area contributed by atoms with Gasteiger partial charge in [0.25, 0.3) is 0 Å². The van der Waals surface area contributed by atoms with Crippen molar-refractivity contribution in [2.45, 2.75) is 26.7 Å². The molecular weight excluding hydrogens is 156 g/mol. The summed E-state index contributed by atoms with van der Waals surface area (Å²) in [4.78, 5) is 0. The van der Waals surface area contributed by atoms with E-state index in [1.54, 1.807) is 0 Å². The summed E-state index contributed by atoms with van der Waals surface area (Å²) in [5, 5.41) is 0. The maximum Gasteiger partial charge on any atom is 0.0245 e. The van der Waals surface area contributed by atoms with Gasteiger partial charge in [-0.2, -0.15) is 0 Å². The van der Waals surface area contributed by atoms with Crippen molar-refractivity contribution in [2.75, 3.05) is 0 Å². The van der Waals surface area contributed by atoms with Crippen LogP contribution in [0.2, 0.25) is 0 Å². The van der Waals surface area contributed by atoms with E-state index in [0.29, 0.717) is 0 Å². The number of hydrogen-bond acceptors (Lipinski definition) is 0. The summed E-state index contributed by atoms with van der Waals surface area (Å²) in [6.07, 6.45) is 2.20. The van der Waals surface area contributed by atoms with E-state index in [1.165, 1.54) is 6.42 Å². The molecule has 1 aromatic carbocycles. The number of rotatable bonds is 2. The van der Waals surface area contributed by atoms with E-state index >= 15 is 0 Å². The third kappa shape index (κ3) is 4.38. The van der Waals surface area contributed by atoms with Crippen LogP contribution in [0.3, 0.4) is 0 Å². The zero-order valence-corrected chi connectivity index (χ0v) is 8.38. The van der Waals surface area contributed by atoms with Gasteiger partial charge >= 0.3 is 0 Å². The van der Waals surface area contributed by atoms with E-state index in [2.05, 4.69) is 25.7 Å². The Balaban J connectivity index is 2.40. The molecule has 0 heteroatoms. The normalized spacial score (nSPS) is 9.46. The molecule has 0 aliphatic heterocycles. The van der Waals surface area contributed by atoms with Gasteiger partial charge in [-0.15, -0.1) is 0 Å². The Morgan fingerprint density at radius 2 is 1.85 bits per heavy atom. The lowest BCUT2D eigenvalue weighted by Gasteiger charge is -1.96. The predicted molar refractivity (Wildman–Crippen MR) is 57.4 cm³/mol. The first-order valence-electron chi connectivity index (χ1n) is 4.83. The van der Waals surface area contributed by atoms with Crippen LogP contribution < -0.4 is 0 Å². The summed E-state index contributed by atoms with van der Waals surface area (Å²) in [5.74, 6) is 7.09. The largest absolute Gasteiger partial charge is 0.0979 e. The zero-order valence-electron chi connectivity index (χ0n) is 8.38. The fourth-order valence-electron chi connectivity index (χ4n) is 1.05. The highest BCUT2D eigenvalue weighted by Crippen LogP contribution is 2.02. The molecule has 0 N–H and O–H groups in total. The summed E-state index contributed by atoms with van der Waals surface area (Å²) in [7, 11) is 0. The Morgan fingerprint density at radius 3 is 2.46 bits per heavy atom. The molecule has 0 atom stereocenters. The van der Waals surface area contributed by atoms with Gasteiger partial charge in [-0.1, -0.05) is 43.9 Å². The zero-order chi connectivity index (χ0) is 9.52. The van der Waals surface area contributed by atoms with Gasteiger partial charge in [0, 0.05) is 12.0 Å². The Hall–Kier alpha value is -1.22. The van der Waals surface area contributed by atoms with Gasteiger partial charge in [0.1, 0.15) is 0 Å². The standard InChI is InChI=1S/C13H16/c1-12(2)8-6-7-11-13-9-4-3-5-10-13/h3-5,9-10,12H,6,8H2,1-2H3. The fourth-order valence-corrected chi connectivity index (χ4v) is 1.05. The second-order valence-corrected chi connectivity index (χ2v) is 3.60. The average molecular weight is 172 g/mol. The Kier molecular flexibility index (Phi) is 4.12. The van der Waals surface area contributed by atoms with E-state index in [0.717, 1.165) is 17.9 Å². The Labute approximate surface area is 81.0 Å². The molecule has 0 radical (unpaired) electrons. The van der Waals surface area contributed by atoms with Gasteiger partial charge in [0.05, 0.1) is 0 Å². The second kappa shape index (κ2) is 5.43. The maximum atomic E-state index is 3.18. The van der Waals surface area contributed by atoms with Gasteiger partial charge in [0.15, 0.2) is 0 Å². The smallest absolute Gasteiger partial charge is 0.0245 e. The first-order chi connectivity index (χ1) is 6.29. The summed E-state index contributed by atoms with van der Waals surface area (Å²) < 4.78 is 0. The SMILES string of the molecule is CC(C)CCC#Cc1ccccc1. The molecule has 0 amide bonds. The van der Waals surface area contributed by atoms with E-state index in [9.17, 15) is 0 Å². The van der Waals surface area contributed by atoms with E-state index in [1.807, 2.05) is 30.3 Å². The van der Waals surface area contributed by atoms with Crippen molar-refractivity contribution in [1.82, 2.24) is 0 Å². The van der Waals surface area contributed by atoms with Crippen molar-refractivity contribution in [3.8, 4) is 11.8 Å². The molecule has 1 rings (SSSR count).